The molecular weight excluding hydrogens is 232 g/mol. The molecule has 0 radical (unpaired) electrons. The van der Waals surface area contributed by atoms with E-state index in [4.69, 9.17) is 0 Å². The van der Waals surface area contributed by atoms with Gasteiger partial charge in [0.15, 0.2) is 5.13 Å². The number of hydrogen-bond acceptors (Lipinski definition) is 4. The largest absolute Gasteiger partial charge is 0.391 e. The fourth-order valence-electron chi connectivity index (χ4n) is 2.37. The quantitative estimate of drug-likeness (QED) is 0.858. The van der Waals surface area contributed by atoms with Crippen molar-refractivity contribution in [3.8, 4) is 0 Å². The molecule has 1 saturated carbocycles. The molecule has 17 heavy (non-hydrogen) atoms. The first kappa shape index (κ1) is 11.0. The maximum Gasteiger partial charge on any atom is 0.184 e. The van der Waals surface area contributed by atoms with Crippen LogP contribution in [0.4, 0.5) is 5.13 Å². The lowest BCUT2D eigenvalue weighted by atomic mass is 9.93. The maximum atomic E-state index is 9.92. The van der Waals surface area contributed by atoms with Crippen LogP contribution in [0, 0.1) is 0 Å². The Bertz CT molecular complexity index is 478. The van der Waals surface area contributed by atoms with E-state index in [0.29, 0.717) is 0 Å². The number of rotatable bonds is 2. The van der Waals surface area contributed by atoms with Crippen LogP contribution in [0.5, 0.6) is 0 Å². The molecule has 2 atom stereocenters. The van der Waals surface area contributed by atoms with E-state index in [1.54, 1.807) is 11.3 Å². The Morgan fingerprint density at radius 2 is 2.06 bits per heavy atom. The smallest absolute Gasteiger partial charge is 0.184 e. The van der Waals surface area contributed by atoms with E-state index in [-0.39, 0.29) is 12.1 Å². The molecule has 4 heteroatoms. The minimum atomic E-state index is -0.226. The number of aromatic nitrogens is 1. The fraction of sp³-hybridized carbons (Fsp3) is 0.462. The molecule has 90 valence electrons. The van der Waals surface area contributed by atoms with E-state index in [1.165, 1.54) is 11.1 Å². The average molecular weight is 248 g/mol. The van der Waals surface area contributed by atoms with Gasteiger partial charge in [-0.05, 0) is 25.0 Å². The Morgan fingerprint density at radius 3 is 2.88 bits per heavy atom. The Morgan fingerprint density at radius 1 is 1.24 bits per heavy atom. The van der Waals surface area contributed by atoms with Gasteiger partial charge in [-0.3, -0.25) is 0 Å². The molecule has 3 nitrogen and oxygen atoms in total. The molecular formula is C13H16N2OS. The molecule has 3 rings (SSSR count). The lowest BCUT2D eigenvalue weighted by Gasteiger charge is -2.27. The van der Waals surface area contributed by atoms with Crippen molar-refractivity contribution in [3.63, 3.8) is 0 Å². The Labute approximate surface area is 105 Å². The summed E-state index contributed by atoms with van der Waals surface area (Å²) in [5, 5.41) is 14.2. The predicted molar refractivity (Wildman–Crippen MR) is 71.5 cm³/mol. The van der Waals surface area contributed by atoms with Crippen LogP contribution in [0.1, 0.15) is 25.7 Å². The summed E-state index contributed by atoms with van der Waals surface area (Å²) in [5.74, 6) is 0. The molecule has 0 aliphatic heterocycles. The normalized spacial score (nSPS) is 25.0. The van der Waals surface area contributed by atoms with Gasteiger partial charge in [0, 0.05) is 0 Å². The van der Waals surface area contributed by atoms with Gasteiger partial charge < -0.3 is 10.4 Å². The zero-order valence-electron chi connectivity index (χ0n) is 9.60. The van der Waals surface area contributed by atoms with Crippen LogP contribution in [0.3, 0.4) is 0 Å². The average Bonchev–Trinajstić information content (AvgIpc) is 2.74. The van der Waals surface area contributed by atoms with Crippen molar-refractivity contribution < 1.29 is 5.11 Å². The predicted octanol–water partition coefficient (Wildman–Crippen LogP) is 3.01. The number of aliphatic hydroxyl groups is 1. The second kappa shape index (κ2) is 4.63. The second-order valence-electron chi connectivity index (χ2n) is 4.59. The third-order valence-corrected chi connectivity index (χ3v) is 4.30. The van der Waals surface area contributed by atoms with Crippen molar-refractivity contribution in [1.29, 1.82) is 0 Å². The van der Waals surface area contributed by atoms with Gasteiger partial charge in [0.25, 0.3) is 0 Å². The number of hydrogen-bond donors (Lipinski definition) is 2. The van der Waals surface area contributed by atoms with Crippen LogP contribution in [-0.4, -0.2) is 22.2 Å². The lowest BCUT2D eigenvalue weighted by Crippen LogP contribution is -2.36. The highest BCUT2D eigenvalue weighted by molar-refractivity contribution is 7.22. The van der Waals surface area contributed by atoms with Crippen LogP contribution in [0.25, 0.3) is 10.2 Å². The topological polar surface area (TPSA) is 45.1 Å². The zero-order valence-corrected chi connectivity index (χ0v) is 10.4. The highest BCUT2D eigenvalue weighted by atomic mass is 32.1. The first-order valence-electron chi connectivity index (χ1n) is 6.13. The molecule has 0 bridgehead atoms. The number of fused-ring (bicyclic) bond motifs is 1. The van der Waals surface area contributed by atoms with E-state index < -0.39 is 0 Å². The number of anilines is 1. The summed E-state index contributed by atoms with van der Waals surface area (Å²) in [6, 6.07) is 8.30. The minimum Gasteiger partial charge on any atom is -0.391 e. The number of thiazole rings is 1. The third-order valence-electron chi connectivity index (χ3n) is 3.33. The third kappa shape index (κ3) is 2.28. The Balaban J connectivity index is 1.79. The summed E-state index contributed by atoms with van der Waals surface area (Å²) < 4.78 is 1.19. The van der Waals surface area contributed by atoms with E-state index >= 15 is 0 Å². The van der Waals surface area contributed by atoms with Gasteiger partial charge in [-0.25, -0.2) is 4.98 Å². The number of nitrogens with one attached hydrogen (secondary N) is 1. The summed E-state index contributed by atoms with van der Waals surface area (Å²) in [6.07, 6.45) is 4.05. The summed E-state index contributed by atoms with van der Waals surface area (Å²) >= 11 is 1.66. The van der Waals surface area contributed by atoms with Crippen molar-refractivity contribution >= 4 is 26.7 Å². The highest BCUT2D eigenvalue weighted by Gasteiger charge is 2.23. The number of benzene rings is 1. The molecule has 1 aliphatic carbocycles. The summed E-state index contributed by atoms with van der Waals surface area (Å²) in [6.45, 7) is 0. The SMILES string of the molecule is O[C@H]1CCCC[C@H]1Nc1nc2ccccc2s1. The molecule has 1 aromatic carbocycles. The minimum absolute atomic E-state index is 0.171. The molecule has 0 saturated heterocycles. The molecule has 2 N–H and O–H groups in total. The van der Waals surface area contributed by atoms with Crippen molar-refractivity contribution in [2.45, 2.75) is 37.8 Å². The number of aliphatic hydroxyl groups excluding tert-OH is 1. The van der Waals surface area contributed by atoms with Gasteiger partial charge in [-0.1, -0.05) is 36.3 Å². The zero-order chi connectivity index (χ0) is 11.7. The molecule has 0 spiro atoms. The van der Waals surface area contributed by atoms with Gasteiger partial charge in [0.1, 0.15) is 0 Å². The maximum absolute atomic E-state index is 9.92. The van der Waals surface area contributed by atoms with E-state index in [2.05, 4.69) is 16.4 Å². The highest BCUT2D eigenvalue weighted by Crippen LogP contribution is 2.28. The van der Waals surface area contributed by atoms with E-state index in [9.17, 15) is 5.11 Å². The fourth-order valence-corrected chi connectivity index (χ4v) is 3.30. The van der Waals surface area contributed by atoms with Crippen LogP contribution in [-0.2, 0) is 0 Å². The van der Waals surface area contributed by atoms with Gasteiger partial charge in [0.05, 0.1) is 22.4 Å². The summed E-state index contributed by atoms with van der Waals surface area (Å²) in [7, 11) is 0. The van der Waals surface area contributed by atoms with Crippen LogP contribution < -0.4 is 5.32 Å². The first-order chi connectivity index (χ1) is 8.33. The molecule has 1 aliphatic rings. The van der Waals surface area contributed by atoms with Crippen molar-refractivity contribution in [3.05, 3.63) is 24.3 Å². The van der Waals surface area contributed by atoms with Crippen molar-refractivity contribution in [1.82, 2.24) is 4.98 Å². The van der Waals surface area contributed by atoms with Crippen molar-refractivity contribution in [2.75, 3.05) is 5.32 Å². The second-order valence-corrected chi connectivity index (χ2v) is 5.62. The van der Waals surface area contributed by atoms with Crippen LogP contribution in [0.15, 0.2) is 24.3 Å². The van der Waals surface area contributed by atoms with Crippen molar-refractivity contribution in [2.24, 2.45) is 0 Å². The van der Waals surface area contributed by atoms with Gasteiger partial charge in [-0.15, -0.1) is 0 Å². The Kier molecular flexibility index (Phi) is 2.99. The van der Waals surface area contributed by atoms with Crippen LogP contribution in [0.2, 0.25) is 0 Å². The molecule has 1 aromatic heterocycles. The van der Waals surface area contributed by atoms with Crippen LogP contribution >= 0.6 is 11.3 Å². The molecule has 1 heterocycles. The number of para-hydroxylation sites is 1. The first-order valence-corrected chi connectivity index (χ1v) is 6.95. The van der Waals surface area contributed by atoms with E-state index in [0.717, 1.165) is 29.9 Å². The standard InChI is InChI=1S/C13H16N2OS/c16-11-7-3-1-5-9(11)14-13-15-10-6-2-4-8-12(10)17-13/h2,4,6,8-9,11,16H,1,3,5,7H2,(H,14,15)/t9-,11+/m1/s1. The number of nitrogens with zero attached hydrogens (tertiary/aromatic N) is 1. The van der Waals surface area contributed by atoms with Gasteiger partial charge >= 0.3 is 0 Å². The summed E-state index contributed by atoms with van der Waals surface area (Å²) in [5.41, 5.74) is 1.03. The molecule has 2 aromatic rings. The molecule has 0 unspecified atom stereocenters. The molecule has 1 fully saturated rings. The summed E-state index contributed by atoms with van der Waals surface area (Å²) in [4.78, 5) is 4.54. The van der Waals surface area contributed by atoms with Gasteiger partial charge in [-0.2, -0.15) is 0 Å². The van der Waals surface area contributed by atoms with Gasteiger partial charge in [0.2, 0.25) is 0 Å². The van der Waals surface area contributed by atoms with E-state index in [1.807, 2.05) is 18.2 Å². The Hall–Kier alpha value is -1.13. The lowest BCUT2D eigenvalue weighted by molar-refractivity contribution is 0.116. The molecule has 0 amide bonds. The monoisotopic (exact) mass is 248 g/mol.